The van der Waals surface area contributed by atoms with Crippen LogP contribution in [0.4, 0.5) is 0 Å². The number of rotatable bonds is 8. The standard InChI is InChI=1S/C20H26N2O3/c1-23-19-8-7-16(11-20(19)24-2)13-22(15-18-6-4-10-25-18)14-17-5-3-9-21-12-17/h3,5,7-9,11-12,18H,4,6,10,13-15H2,1-2H3/t18-/m0/s1. The summed E-state index contributed by atoms with van der Waals surface area (Å²) in [7, 11) is 3.32. The summed E-state index contributed by atoms with van der Waals surface area (Å²) in [4.78, 5) is 6.64. The van der Waals surface area contributed by atoms with E-state index in [-0.39, 0.29) is 0 Å². The molecule has 5 heteroatoms. The van der Waals surface area contributed by atoms with Gasteiger partial charge in [0.05, 0.1) is 20.3 Å². The average molecular weight is 342 g/mol. The third-order valence-electron chi connectivity index (χ3n) is 4.47. The van der Waals surface area contributed by atoms with Crippen molar-refractivity contribution < 1.29 is 14.2 Å². The summed E-state index contributed by atoms with van der Waals surface area (Å²) >= 11 is 0. The van der Waals surface area contributed by atoms with Gasteiger partial charge in [-0.2, -0.15) is 0 Å². The minimum absolute atomic E-state index is 0.316. The smallest absolute Gasteiger partial charge is 0.161 e. The van der Waals surface area contributed by atoms with Crippen LogP contribution in [0.3, 0.4) is 0 Å². The summed E-state index contributed by atoms with van der Waals surface area (Å²) < 4.78 is 16.6. The molecule has 1 atom stereocenters. The number of hydrogen-bond donors (Lipinski definition) is 0. The van der Waals surface area contributed by atoms with Crippen molar-refractivity contribution in [3.63, 3.8) is 0 Å². The molecule has 0 spiro atoms. The van der Waals surface area contributed by atoms with Crippen molar-refractivity contribution in [3.05, 3.63) is 53.9 Å². The zero-order chi connectivity index (χ0) is 17.5. The van der Waals surface area contributed by atoms with Crippen molar-refractivity contribution in [1.29, 1.82) is 0 Å². The Morgan fingerprint density at radius 1 is 1.12 bits per heavy atom. The molecule has 0 unspecified atom stereocenters. The van der Waals surface area contributed by atoms with Crippen LogP contribution in [0.1, 0.15) is 24.0 Å². The summed E-state index contributed by atoms with van der Waals surface area (Å²) in [5.41, 5.74) is 2.40. The van der Waals surface area contributed by atoms with Crippen molar-refractivity contribution in [2.24, 2.45) is 0 Å². The van der Waals surface area contributed by atoms with Gasteiger partial charge in [0.2, 0.25) is 0 Å². The predicted octanol–water partition coefficient (Wildman–Crippen LogP) is 3.28. The van der Waals surface area contributed by atoms with Crippen molar-refractivity contribution in [1.82, 2.24) is 9.88 Å². The van der Waals surface area contributed by atoms with Crippen LogP contribution in [-0.2, 0) is 17.8 Å². The van der Waals surface area contributed by atoms with Crippen LogP contribution in [0.2, 0.25) is 0 Å². The lowest BCUT2D eigenvalue weighted by molar-refractivity contribution is 0.0678. The molecule has 2 heterocycles. The molecule has 0 bridgehead atoms. The van der Waals surface area contributed by atoms with Crippen LogP contribution in [0.15, 0.2) is 42.7 Å². The molecule has 1 saturated heterocycles. The van der Waals surface area contributed by atoms with E-state index >= 15 is 0 Å². The molecule has 1 aliphatic heterocycles. The minimum Gasteiger partial charge on any atom is -0.493 e. The molecule has 1 aromatic carbocycles. The largest absolute Gasteiger partial charge is 0.493 e. The lowest BCUT2D eigenvalue weighted by Gasteiger charge is -2.25. The number of benzene rings is 1. The fourth-order valence-electron chi connectivity index (χ4n) is 3.25. The molecule has 1 aromatic heterocycles. The van der Waals surface area contributed by atoms with E-state index in [1.54, 1.807) is 14.2 Å². The van der Waals surface area contributed by atoms with Crippen molar-refractivity contribution in [2.75, 3.05) is 27.4 Å². The minimum atomic E-state index is 0.316. The quantitative estimate of drug-likeness (QED) is 0.737. The topological polar surface area (TPSA) is 43.8 Å². The van der Waals surface area contributed by atoms with E-state index in [0.29, 0.717) is 6.10 Å². The Kier molecular flexibility index (Phi) is 6.25. The molecule has 0 aliphatic carbocycles. The van der Waals surface area contributed by atoms with Gasteiger partial charge < -0.3 is 14.2 Å². The van der Waals surface area contributed by atoms with Crippen LogP contribution in [0.25, 0.3) is 0 Å². The molecule has 0 N–H and O–H groups in total. The lowest BCUT2D eigenvalue weighted by Crippen LogP contribution is -2.31. The van der Waals surface area contributed by atoms with E-state index < -0.39 is 0 Å². The van der Waals surface area contributed by atoms with E-state index in [4.69, 9.17) is 14.2 Å². The zero-order valence-corrected chi connectivity index (χ0v) is 15.0. The van der Waals surface area contributed by atoms with Crippen molar-refractivity contribution in [3.8, 4) is 11.5 Å². The first-order valence-corrected chi connectivity index (χ1v) is 8.72. The van der Waals surface area contributed by atoms with E-state index in [1.165, 1.54) is 11.1 Å². The molecule has 1 fully saturated rings. The first-order valence-electron chi connectivity index (χ1n) is 8.72. The van der Waals surface area contributed by atoms with E-state index in [1.807, 2.05) is 30.6 Å². The average Bonchev–Trinajstić information content (AvgIpc) is 3.15. The second-order valence-corrected chi connectivity index (χ2v) is 6.36. The SMILES string of the molecule is COc1ccc(CN(Cc2cccnc2)C[C@@H]2CCCO2)cc1OC. The number of ether oxygens (including phenoxy) is 3. The van der Waals surface area contributed by atoms with Gasteiger partial charge in [0, 0.05) is 38.6 Å². The highest BCUT2D eigenvalue weighted by Crippen LogP contribution is 2.28. The third kappa shape index (κ3) is 4.94. The molecule has 1 aliphatic rings. The first-order chi connectivity index (χ1) is 12.3. The lowest BCUT2D eigenvalue weighted by atomic mass is 10.1. The maximum absolute atomic E-state index is 5.84. The fourth-order valence-corrected chi connectivity index (χ4v) is 3.25. The van der Waals surface area contributed by atoms with Crippen LogP contribution in [0, 0.1) is 0 Å². The van der Waals surface area contributed by atoms with Gasteiger partial charge in [-0.1, -0.05) is 12.1 Å². The van der Waals surface area contributed by atoms with Gasteiger partial charge in [0.1, 0.15) is 0 Å². The van der Waals surface area contributed by atoms with E-state index in [2.05, 4.69) is 22.0 Å². The highest BCUT2D eigenvalue weighted by Gasteiger charge is 2.20. The summed E-state index contributed by atoms with van der Waals surface area (Å²) in [5.74, 6) is 1.52. The molecule has 0 saturated carbocycles. The Balaban J connectivity index is 1.73. The molecular weight excluding hydrogens is 316 g/mol. The Morgan fingerprint density at radius 2 is 1.96 bits per heavy atom. The number of nitrogens with zero attached hydrogens (tertiary/aromatic N) is 2. The van der Waals surface area contributed by atoms with Gasteiger partial charge in [-0.15, -0.1) is 0 Å². The van der Waals surface area contributed by atoms with Crippen LogP contribution in [-0.4, -0.2) is 43.4 Å². The van der Waals surface area contributed by atoms with Crippen molar-refractivity contribution in [2.45, 2.75) is 32.0 Å². The molecule has 134 valence electrons. The molecule has 3 rings (SSSR count). The van der Waals surface area contributed by atoms with Gasteiger partial charge in [-0.05, 0) is 42.2 Å². The monoisotopic (exact) mass is 342 g/mol. The second kappa shape index (κ2) is 8.83. The van der Waals surface area contributed by atoms with Gasteiger partial charge in [-0.3, -0.25) is 9.88 Å². The van der Waals surface area contributed by atoms with Crippen LogP contribution in [0.5, 0.6) is 11.5 Å². The summed E-state index contributed by atoms with van der Waals surface area (Å²) in [6.45, 7) is 3.47. The summed E-state index contributed by atoms with van der Waals surface area (Å²) in [6, 6.07) is 10.2. The normalized spacial score (nSPS) is 17.0. The molecule has 0 amide bonds. The molecular formula is C20H26N2O3. The van der Waals surface area contributed by atoms with E-state index in [9.17, 15) is 0 Å². The van der Waals surface area contributed by atoms with Crippen LogP contribution < -0.4 is 9.47 Å². The van der Waals surface area contributed by atoms with Gasteiger partial charge in [0.15, 0.2) is 11.5 Å². The van der Waals surface area contributed by atoms with E-state index in [0.717, 1.165) is 50.6 Å². The summed E-state index contributed by atoms with van der Waals surface area (Å²) in [6.07, 6.45) is 6.34. The third-order valence-corrected chi connectivity index (χ3v) is 4.47. The number of methoxy groups -OCH3 is 2. The Bertz CT molecular complexity index is 657. The van der Waals surface area contributed by atoms with Gasteiger partial charge >= 0.3 is 0 Å². The molecule has 25 heavy (non-hydrogen) atoms. The second-order valence-electron chi connectivity index (χ2n) is 6.36. The number of pyridine rings is 1. The first kappa shape index (κ1) is 17.7. The van der Waals surface area contributed by atoms with Gasteiger partial charge in [0.25, 0.3) is 0 Å². The highest BCUT2D eigenvalue weighted by atomic mass is 16.5. The highest BCUT2D eigenvalue weighted by molar-refractivity contribution is 5.42. The molecule has 2 aromatic rings. The maximum atomic E-state index is 5.84. The Morgan fingerprint density at radius 3 is 2.64 bits per heavy atom. The van der Waals surface area contributed by atoms with Crippen molar-refractivity contribution >= 4 is 0 Å². The van der Waals surface area contributed by atoms with Crippen LogP contribution >= 0.6 is 0 Å². The molecule has 0 radical (unpaired) electrons. The Hall–Kier alpha value is -2.11. The summed E-state index contributed by atoms with van der Waals surface area (Å²) in [5, 5.41) is 0. The number of hydrogen-bond acceptors (Lipinski definition) is 5. The number of aromatic nitrogens is 1. The predicted molar refractivity (Wildman–Crippen MR) is 96.9 cm³/mol. The molecule has 5 nitrogen and oxygen atoms in total. The van der Waals surface area contributed by atoms with Gasteiger partial charge in [-0.25, -0.2) is 0 Å². The fraction of sp³-hybridized carbons (Fsp3) is 0.450. The Labute approximate surface area is 149 Å². The maximum Gasteiger partial charge on any atom is 0.161 e. The zero-order valence-electron chi connectivity index (χ0n) is 15.0.